The smallest absolute Gasteiger partial charge is 0.191 e. The van der Waals surface area contributed by atoms with Crippen molar-refractivity contribution in [2.45, 2.75) is 51.6 Å². The molecule has 2 heterocycles. The molecule has 1 aromatic heterocycles. The first-order chi connectivity index (χ1) is 12.1. The lowest BCUT2D eigenvalue weighted by Crippen LogP contribution is -2.57. The van der Waals surface area contributed by atoms with Gasteiger partial charge >= 0.3 is 0 Å². The van der Waals surface area contributed by atoms with E-state index < -0.39 is 0 Å². The zero-order valence-corrected chi connectivity index (χ0v) is 17.4. The van der Waals surface area contributed by atoms with Crippen molar-refractivity contribution >= 4 is 29.1 Å². The standard InChI is InChI=1S/C18H31N5S2/c1-14-16(25-15(2)22-14)12-20-17(19-3)21-13-18(6-4-5-7-18)23-8-10-24-11-9-23/h4-13H2,1-3H3,(H2,19,20,21). The van der Waals surface area contributed by atoms with E-state index in [9.17, 15) is 0 Å². The summed E-state index contributed by atoms with van der Waals surface area (Å²) in [6.45, 7) is 8.41. The predicted molar refractivity (Wildman–Crippen MR) is 110 cm³/mol. The van der Waals surface area contributed by atoms with Gasteiger partial charge in [-0.2, -0.15) is 11.8 Å². The Kier molecular flexibility index (Phi) is 6.63. The summed E-state index contributed by atoms with van der Waals surface area (Å²) < 4.78 is 0. The SMILES string of the molecule is CN=C(NCc1sc(C)nc1C)NCC1(N2CCSCC2)CCCC1. The first kappa shape index (κ1) is 19.0. The molecule has 1 saturated carbocycles. The maximum atomic E-state index is 4.51. The van der Waals surface area contributed by atoms with E-state index in [1.165, 1.54) is 55.2 Å². The average Bonchev–Trinajstić information content (AvgIpc) is 3.23. The van der Waals surface area contributed by atoms with E-state index in [2.05, 4.69) is 51.1 Å². The minimum Gasteiger partial charge on any atom is -0.355 e. The number of aromatic nitrogens is 1. The lowest BCUT2D eigenvalue weighted by atomic mass is 9.94. The molecule has 1 aliphatic carbocycles. The molecule has 2 N–H and O–H groups in total. The van der Waals surface area contributed by atoms with Crippen molar-refractivity contribution in [2.24, 2.45) is 4.99 Å². The van der Waals surface area contributed by atoms with Crippen LogP contribution >= 0.6 is 23.1 Å². The van der Waals surface area contributed by atoms with Crippen molar-refractivity contribution in [2.75, 3.05) is 38.2 Å². The van der Waals surface area contributed by atoms with E-state index in [4.69, 9.17) is 0 Å². The van der Waals surface area contributed by atoms with E-state index in [1.807, 2.05) is 7.05 Å². The summed E-state index contributed by atoms with van der Waals surface area (Å²) in [4.78, 5) is 13.0. The van der Waals surface area contributed by atoms with Gasteiger partial charge in [0, 0.05) is 48.6 Å². The molecule has 140 valence electrons. The second kappa shape index (κ2) is 8.73. The Morgan fingerprint density at radius 1 is 1.20 bits per heavy atom. The van der Waals surface area contributed by atoms with Crippen LogP contribution in [0.25, 0.3) is 0 Å². The summed E-state index contributed by atoms with van der Waals surface area (Å²) in [5.41, 5.74) is 1.46. The summed E-state index contributed by atoms with van der Waals surface area (Å²) in [5.74, 6) is 3.46. The molecule has 3 rings (SSSR count). The molecular weight excluding hydrogens is 350 g/mol. The van der Waals surface area contributed by atoms with E-state index in [1.54, 1.807) is 11.3 Å². The zero-order chi connectivity index (χ0) is 17.7. The van der Waals surface area contributed by atoms with Crippen LogP contribution < -0.4 is 10.6 Å². The minimum atomic E-state index is 0.329. The van der Waals surface area contributed by atoms with E-state index in [0.29, 0.717) is 5.54 Å². The van der Waals surface area contributed by atoms with Crippen LogP contribution in [0.3, 0.4) is 0 Å². The Hall–Kier alpha value is -0.790. The van der Waals surface area contributed by atoms with Gasteiger partial charge in [-0.05, 0) is 26.7 Å². The molecule has 25 heavy (non-hydrogen) atoms. The predicted octanol–water partition coefficient (Wildman–Crippen LogP) is 2.79. The summed E-state index contributed by atoms with van der Waals surface area (Å²) in [5, 5.41) is 8.22. The van der Waals surface area contributed by atoms with Crippen molar-refractivity contribution in [3.05, 3.63) is 15.6 Å². The first-order valence-electron chi connectivity index (χ1n) is 9.33. The number of aliphatic imine (C=N–C) groups is 1. The van der Waals surface area contributed by atoms with Crippen LogP contribution in [0, 0.1) is 13.8 Å². The summed E-state index contributed by atoms with van der Waals surface area (Å²) >= 11 is 3.86. The third kappa shape index (κ3) is 4.68. The fourth-order valence-corrected chi connectivity index (χ4v) is 5.83. The van der Waals surface area contributed by atoms with Gasteiger partial charge in [0.15, 0.2) is 5.96 Å². The van der Waals surface area contributed by atoms with Crippen LogP contribution in [0.1, 0.15) is 41.3 Å². The largest absolute Gasteiger partial charge is 0.355 e. The number of nitrogens with one attached hydrogen (secondary N) is 2. The van der Waals surface area contributed by atoms with E-state index >= 15 is 0 Å². The van der Waals surface area contributed by atoms with Crippen LogP contribution in [0.2, 0.25) is 0 Å². The average molecular weight is 382 g/mol. The molecule has 1 aromatic rings. The highest BCUT2D eigenvalue weighted by molar-refractivity contribution is 7.99. The fraction of sp³-hybridized carbons (Fsp3) is 0.778. The quantitative estimate of drug-likeness (QED) is 0.607. The fourth-order valence-electron chi connectivity index (χ4n) is 4.05. The van der Waals surface area contributed by atoms with E-state index in [-0.39, 0.29) is 0 Å². The van der Waals surface area contributed by atoms with Gasteiger partial charge in [-0.3, -0.25) is 9.89 Å². The number of hydrogen-bond donors (Lipinski definition) is 2. The number of rotatable bonds is 5. The Balaban J connectivity index is 1.56. The summed E-state index contributed by atoms with van der Waals surface area (Å²) in [7, 11) is 1.86. The first-order valence-corrected chi connectivity index (χ1v) is 11.3. The van der Waals surface area contributed by atoms with Gasteiger partial charge in [0.25, 0.3) is 0 Å². The molecule has 1 aliphatic heterocycles. The summed E-state index contributed by atoms with van der Waals surface area (Å²) in [6.07, 6.45) is 5.34. The Morgan fingerprint density at radius 2 is 1.92 bits per heavy atom. The molecule has 0 radical (unpaired) electrons. The highest BCUT2D eigenvalue weighted by Gasteiger charge is 2.39. The molecule has 0 unspecified atom stereocenters. The molecule has 0 bridgehead atoms. The number of thiazole rings is 1. The van der Waals surface area contributed by atoms with Gasteiger partial charge in [0.2, 0.25) is 0 Å². The molecule has 0 aromatic carbocycles. The molecule has 7 heteroatoms. The van der Waals surface area contributed by atoms with Crippen molar-refractivity contribution in [1.82, 2.24) is 20.5 Å². The minimum absolute atomic E-state index is 0.329. The molecule has 0 amide bonds. The van der Waals surface area contributed by atoms with Gasteiger partial charge < -0.3 is 10.6 Å². The van der Waals surface area contributed by atoms with E-state index in [0.717, 1.165) is 29.8 Å². The molecule has 0 spiro atoms. The monoisotopic (exact) mass is 381 g/mol. The van der Waals surface area contributed by atoms with Crippen molar-refractivity contribution < 1.29 is 0 Å². The Labute approximate surface area is 160 Å². The zero-order valence-electron chi connectivity index (χ0n) is 15.7. The third-order valence-corrected chi connectivity index (χ3v) is 7.46. The Bertz CT molecular complexity index is 586. The van der Waals surface area contributed by atoms with Crippen molar-refractivity contribution in [3.63, 3.8) is 0 Å². The second-order valence-electron chi connectivity index (χ2n) is 7.05. The van der Waals surface area contributed by atoms with Crippen molar-refractivity contribution in [3.8, 4) is 0 Å². The topological polar surface area (TPSA) is 52.6 Å². The second-order valence-corrected chi connectivity index (χ2v) is 9.56. The van der Waals surface area contributed by atoms with Crippen molar-refractivity contribution in [1.29, 1.82) is 0 Å². The normalized spacial score (nSPS) is 21.5. The Morgan fingerprint density at radius 3 is 2.52 bits per heavy atom. The van der Waals surface area contributed by atoms with Crippen LogP contribution in [-0.4, -0.2) is 59.6 Å². The molecule has 2 fully saturated rings. The third-order valence-electron chi connectivity index (χ3n) is 5.44. The number of thioether (sulfide) groups is 1. The van der Waals surface area contributed by atoms with Gasteiger partial charge in [-0.25, -0.2) is 4.98 Å². The molecule has 5 nitrogen and oxygen atoms in total. The van der Waals surface area contributed by atoms with Gasteiger partial charge in [-0.1, -0.05) is 12.8 Å². The number of nitrogens with zero attached hydrogens (tertiary/aromatic N) is 3. The highest BCUT2D eigenvalue weighted by atomic mass is 32.2. The van der Waals surface area contributed by atoms with Gasteiger partial charge in [-0.15, -0.1) is 11.3 Å². The van der Waals surface area contributed by atoms with Gasteiger partial charge in [0.05, 0.1) is 17.2 Å². The van der Waals surface area contributed by atoms with Crippen LogP contribution in [0.4, 0.5) is 0 Å². The lowest BCUT2D eigenvalue weighted by Gasteiger charge is -2.43. The molecule has 2 aliphatic rings. The van der Waals surface area contributed by atoms with Crippen LogP contribution in [0.15, 0.2) is 4.99 Å². The number of guanidine groups is 1. The van der Waals surface area contributed by atoms with Gasteiger partial charge in [0.1, 0.15) is 0 Å². The van der Waals surface area contributed by atoms with Crippen LogP contribution in [-0.2, 0) is 6.54 Å². The maximum absolute atomic E-state index is 4.51. The molecule has 1 saturated heterocycles. The molecule has 0 atom stereocenters. The number of aryl methyl sites for hydroxylation is 2. The summed E-state index contributed by atoms with van der Waals surface area (Å²) in [6, 6.07) is 0. The molecular formula is C18H31N5S2. The lowest BCUT2D eigenvalue weighted by molar-refractivity contribution is 0.107. The maximum Gasteiger partial charge on any atom is 0.191 e. The number of hydrogen-bond acceptors (Lipinski definition) is 5. The highest BCUT2D eigenvalue weighted by Crippen LogP contribution is 2.36. The van der Waals surface area contributed by atoms with Crippen LogP contribution in [0.5, 0.6) is 0 Å².